The van der Waals surface area contributed by atoms with Gasteiger partial charge in [-0.15, -0.1) is 11.3 Å². The molecule has 1 aromatic carbocycles. The van der Waals surface area contributed by atoms with Crippen molar-refractivity contribution < 1.29 is 0 Å². The van der Waals surface area contributed by atoms with Gasteiger partial charge >= 0.3 is 0 Å². The fraction of sp³-hybridized carbons (Fsp3) is 0.400. The van der Waals surface area contributed by atoms with Crippen LogP contribution in [-0.4, -0.2) is 11.5 Å². The minimum Gasteiger partial charge on any atom is -0.312 e. The van der Waals surface area contributed by atoms with Crippen LogP contribution in [0.1, 0.15) is 27.4 Å². The molecule has 0 aliphatic heterocycles. The van der Waals surface area contributed by atoms with Crippen molar-refractivity contribution in [3.05, 3.63) is 51.0 Å². The van der Waals surface area contributed by atoms with Gasteiger partial charge in [-0.2, -0.15) is 0 Å². The number of aryl methyl sites for hydroxylation is 3. The Balaban J connectivity index is 1.82. The van der Waals surface area contributed by atoms with E-state index in [0.717, 1.165) is 25.2 Å². The van der Waals surface area contributed by atoms with Crippen LogP contribution in [0.5, 0.6) is 0 Å². The van der Waals surface area contributed by atoms with Crippen molar-refractivity contribution in [3.8, 4) is 0 Å². The van der Waals surface area contributed by atoms with Gasteiger partial charge in [0.1, 0.15) is 0 Å². The van der Waals surface area contributed by atoms with Gasteiger partial charge in [0.2, 0.25) is 0 Å². The van der Waals surface area contributed by atoms with Gasteiger partial charge in [0, 0.05) is 30.6 Å². The minimum atomic E-state index is 0.947. The second-order valence-electron chi connectivity index (χ2n) is 4.68. The standard InChI is InChI=1S/C15H20N2S/c1-11-5-4-6-12(2)14(11)9-16-8-7-15-17-13(3)10-18-15/h4-6,10,16H,7-9H2,1-3H3. The predicted octanol–water partition coefficient (Wildman–Crippen LogP) is 3.40. The molecule has 0 unspecified atom stereocenters. The molecule has 0 aliphatic rings. The third-order valence-electron chi connectivity index (χ3n) is 3.13. The molecule has 0 radical (unpaired) electrons. The largest absolute Gasteiger partial charge is 0.312 e. The summed E-state index contributed by atoms with van der Waals surface area (Å²) >= 11 is 1.75. The third kappa shape index (κ3) is 3.40. The molecule has 1 aromatic heterocycles. The summed E-state index contributed by atoms with van der Waals surface area (Å²) in [4.78, 5) is 4.47. The van der Waals surface area contributed by atoms with E-state index in [2.05, 4.69) is 47.7 Å². The SMILES string of the molecule is Cc1csc(CCNCc2c(C)cccc2C)n1. The van der Waals surface area contributed by atoms with Gasteiger partial charge in [-0.25, -0.2) is 4.98 Å². The van der Waals surface area contributed by atoms with Gasteiger partial charge in [0.25, 0.3) is 0 Å². The maximum Gasteiger partial charge on any atom is 0.0940 e. The number of benzene rings is 1. The third-order valence-corrected chi connectivity index (χ3v) is 4.15. The second kappa shape index (κ2) is 6.12. The summed E-state index contributed by atoms with van der Waals surface area (Å²) in [7, 11) is 0. The molecule has 0 atom stereocenters. The van der Waals surface area contributed by atoms with Gasteiger partial charge in [0.05, 0.1) is 5.01 Å². The number of thiazole rings is 1. The summed E-state index contributed by atoms with van der Waals surface area (Å²) in [5, 5.41) is 6.84. The van der Waals surface area contributed by atoms with Crippen LogP contribution in [-0.2, 0) is 13.0 Å². The lowest BCUT2D eigenvalue weighted by Gasteiger charge is -2.10. The lowest BCUT2D eigenvalue weighted by Crippen LogP contribution is -2.18. The van der Waals surface area contributed by atoms with E-state index >= 15 is 0 Å². The first-order valence-electron chi connectivity index (χ1n) is 6.33. The Morgan fingerprint density at radius 2 is 1.89 bits per heavy atom. The van der Waals surface area contributed by atoms with Crippen LogP contribution in [0.3, 0.4) is 0 Å². The highest BCUT2D eigenvalue weighted by Crippen LogP contribution is 2.13. The molecule has 96 valence electrons. The molecular formula is C15H20N2S. The normalized spacial score (nSPS) is 10.8. The molecule has 0 spiro atoms. The maximum absolute atomic E-state index is 4.47. The number of aromatic nitrogens is 1. The van der Waals surface area contributed by atoms with Crippen LogP contribution in [0.15, 0.2) is 23.6 Å². The summed E-state index contributed by atoms with van der Waals surface area (Å²) in [6.45, 7) is 8.33. The zero-order valence-electron chi connectivity index (χ0n) is 11.3. The molecule has 0 bridgehead atoms. The van der Waals surface area contributed by atoms with Gasteiger partial charge in [-0.3, -0.25) is 0 Å². The van der Waals surface area contributed by atoms with E-state index in [-0.39, 0.29) is 0 Å². The van der Waals surface area contributed by atoms with Crippen LogP contribution < -0.4 is 5.32 Å². The average molecular weight is 260 g/mol. The first kappa shape index (κ1) is 13.2. The Bertz CT molecular complexity index is 497. The smallest absolute Gasteiger partial charge is 0.0940 e. The van der Waals surface area contributed by atoms with E-state index in [1.807, 2.05) is 6.92 Å². The van der Waals surface area contributed by atoms with Gasteiger partial charge in [0.15, 0.2) is 0 Å². The van der Waals surface area contributed by atoms with Crippen LogP contribution in [0, 0.1) is 20.8 Å². The number of nitrogens with one attached hydrogen (secondary N) is 1. The van der Waals surface area contributed by atoms with E-state index < -0.39 is 0 Å². The quantitative estimate of drug-likeness (QED) is 0.833. The van der Waals surface area contributed by atoms with E-state index in [1.165, 1.54) is 21.7 Å². The van der Waals surface area contributed by atoms with Crippen molar-refractivity contribution in [2.75, 3.05) is 6.54 Å². The molecule has 18 heavy (non-hydrogen) atoms. The molecule has 1 N–H and O–H groups in total. The molecule has 0 fully saturated rings. The van der Waals surface area contributed by atoms with Gasteiger partial charge < -0.3 is 5.32 Å². The van der Waals surface area contributed by atoms with Crippen molar-refractivity contribution in [3.63, 3.8) is 0 Å². The lowest BCUT2D eigenvalue weighted by molar-refractivity contribution is 0.680. The Morgan fingerprint density at radius 1 is 1.17 bits per heavy atom. The molecule has 2 aromatic rings. The lowest BCUT2D eigenvalue weighted by atomic mass is 10.0. The molecule has 1 heterocycles. The highest BCUT2D eigenvalue weighted by Gasteiger charge is 2.02. The topological polar surface area (TPSA) is 24.9 Å². The zero-order valence-corrected chi connectivity index (χ0v) is 12.1. The van der Waals surface area contributed by atoms with Gasteiger partial charge in [-0.05, 0) is 37.5 Å². The first-order valence-corrected chi connectivity index (χ1v) is 7.21. The molecule has 0 amide bonds. The van der Waals surface area contributed by atoms with E-state index in [0.29, 0.717) is 0 Å². The van der Waals surface area contributed by atoms with Crippen molar-refractivity contribution in [2.45, 2.75) is 33.7 Å². The predicted molar refractivity (Wildman–Crippen MR) is 78.2 cm³/mol. The zero-order chi connectivity index (χ0) is 13.0. The molecular weight excluding hydrogens is 240 g/mol. The van der Waals surface area contributed by atoms with Crippen molar-refractivity contribution in [1.29, 1.82) is 0 Å². The molecule has 0 saturated carbocycles. The molecule has 0 saturated heterocycles. The van der Waals surface area contributed by atoms with Gasteiger partial charge in [-0.1, -0.05) is 18.2 Å². The van der Waals surface area contributed by atoms with E-state index in [9.17, 15) is 0 Å². The fourth-order valence-electron chi connectivity index (χ4n) is 2.05. The molecule has 2 nitrogen and oxygen atoms in total. The van der Waals surface area contributed by atoms with Crippen molar-refractivity contribution in [1.82, 2.24) is 10.3 Å². The number of hydrogen-bond acceptors (Lipinski definition) is 3. The summed E-state index contributed by atoms with van der Waals surface area (Å²) in [5.41, 5.74) is 5.29. The Morgan fingerprint density at radius 3 is 2.50 bits per heavy atom. The summed E-state index contributed by atoms with van der Waals surface area (Å²) < 4.78 is 0. The summed E-state index contributed by atoms with van der Waals surface area (Å²) in [6.07, 6.45) is 1.02. The molecule has 3 heteroatoms. The Labute approximate surface area is 113 Å². The van der Waals surface area contributed by atoms with E-state index in [4.69, 9.17) is 0 Å². The highest BCUT2D eigenvalue weighted by atomic mass is 32.1. The first-order chi connectivity index (χ1) is 8.66. The monoisotopic (exact) mass is 260 g/mol. The highest BCUT2D eigenvalue weighted by molar-refractivity contribution is 7.09. The van der Waals surface area contributed by atoms with Crippen LogP contribution in [0.4, 0.5) is 0 Å². The average Bonchev–Trinajstić information content (AvgIpc) is 2.73. The Kier molecular flexibility index (Phi) is 4.50. The number of rotatable bonds is 5. The molecule has 0 aliphatic carbocycles. The summed E-state index contributed by atoms with van der Waals surface area (Å²) in [5.74, 6) is 0. The van der Waals surface area contributed by atoms with Crippen molar-refractivity contribution >= 4 is 11.3 Å². The van der Waals surface area contributed by atoms with Crippen LogP contribution in [0.2, 0.25) is 0 Å². The van der Waals surface area contributed by atoms with Crippen LogP contribution >= 0.6 is 11.3 Å². The number of nitrogens with zero attached hydrogens (tertiary/aromatic N) is 1. The van der Waals surface area contributed by atoms with Crippen molar-refractivity contribution in [2.24, 2.45) is 0 Å². The maximum atomic E-state index is 4.47. The van der Waals surface area contributed by atoms with Crippen LogP contribution in [0.25, 0.3) is 0 Å². The summed E-state index contributed by atoms with van der Waals surface area (Å²) in [6, 6.07) is 6.47. The Hall–Kier alpha value is -1.19. The second-order valence-corrected chi connectivity index (χ2v) is 5.62. The molecule has 2 rings (SSSR count). The minimum absolute atomic E-state index is 0.947. The number of hydrogen-bond donors (Lipinski definition) is 1. The van der Waals surface area contributed by atoms with E-state index in [1.54, 1.807) is 11.3 Å². The fourth-order valence-corrected chi connectivity index (χ4v) is 2.83.